The Morgan fingerprint density at radius 3 is 2.47 bits per heavy atom. The van der Waals surface area contributed by atoms with E-state index in [-0.39, 0.29) is 0 Å². The minimum atomic E-state index is 0.361. The molecule has 106 valence electrons. The van der Waals surface area contributed by atoms with Crippen LogP contribution in [0.25, 0.3) is 0 Å². The molecule has 0 unspecified atom stereocenters. The van der Waals surface area contributed by atoms with Gasteiger partial charge in [0.25, 0.3) is 0 Å². The van der Waals surface area contributed by atoms with Gasteiger partial charge >= 0.3 is 0 Å². The van der Waals surface area contributed by atoms with Crippen LogP contribution in [0.4, 0.5) is 5.82 Å². The van der Waals surface area contributed by atoms with Gasteiger partial charge in [0.15, 0.2) is 0 Å². The average Bonchev–Trinajstić information content (AvgIpc) is 2.40. The van der Waals surface area contributed by atoms with Crippen molar-refractivity contribution in [3.8, 4) is 0 Å². The molecule has 19 heavy (non-hydrogen) atoms. The van der Waals surface area contributed by atoms with Crippen LogP contribution in [0.15, 0.2) is 12.1 Å². The number of hydrogen-bond donors (Lipinski definition) is 0. The Hall–Kier alpha value is -0.510. The summed E-state index contributed by atoms with van der Waals surface area (Å²) in [6.45, 7) is 9.93. The fraction of sp³-hybridized carbons (Fsp3) is 0.643. The maximum Gasteiger partial charge on any atom is 0.129 e. The van der Waals surface area contributed by atoms with E-state index in [4.69, 9.17) is 23.2 Å². The Morgan fingerprint density at radius 1 is 1.21 bits per heavy atom. The molecule has 1 saturated heterocycles. The Kier molecular flexibility index (Phi) is 5.31. The number of piperazine rings is 1. The third-order valence-electron chi connectivity index (χ3n) is 3.35. The number of halogens is 2. The van der Waals surface area contributed by atoms with Crippen LogP contribution in [0.1, 0.15) is 19.5 Å². The lowest BCUT2D eigenvalue weighted by atomic mass is 10.2. The van der Waals surface area contributed by atoms with Crippen molar-refractivity contribution in [1.29, 1.82) is 0 Å². The monoisotopic (exact) mass is 301 g/mol. The molecule has 1 aliphatic rings. The van der Waals surface area contributed by atoms with Gasteiger partial charge in [0.1, 0.15) is 5.82 Å². The second-order valence-corrected chi connectivity index (χ2v) is 6.09. The van der Waals surface area contributed by atoms with Crippen LogP contribution in [0.3, 0.4) is 0 Å². The largest absolute Gasteiger partial charge is 0.354 e. The normalized spacial score (nSPS) is 17.2. The number of aromatic nitrogens is 1. The van der Waals surface area contributed by atoms with Crippen LogP contribution >= 0.6 is 23.2 Å². The molecule has 1 aliphatic heterocycles. The van der Waals surface area contributed by atoms with Gasteiger partial charge in [0, 0.05) is 32.7 Å². The quantitative estimate of drug-likeness (QED) is 0.796. The molecule has 0 aliphatic carbocycles. The maximum atomic E-state index is 6.04. The van der Waals surface area contributed by atoms with E-state index in [2.05, 4.69) is 28.6 Å². The van der Waals surface area contributed by atoms with E-state index in [1.807, 2.05) is 12.1 Å². The lowest BCUT2D eigenvalue weighted by Crippen LogP contribution is -2.47. The van der Waals surface area contributed by atoms with Crippen molar-refractivity contribution in [2.45, 2.75) is 19.7 Å². The first-order valence-electron chi connectivity index (χ1n) is 6.79. The summed E-state index contributed by atoms with van der Waals surface area (Å²) >= 11 is 11.9. The average molecular weight is 302 g/mol. The molecular weight excluding hydrogens is 281 g/mol. The molecule has 2 rings (SSSR count). The highest BCUT2D eigenvalue weighted by molar-refractivity contribution is 6.32. The van der Waals surface area contributed by atoms with Crippen LogP contribution in [0.2, 0.25) is 5.02 Å². The molecule has 0 bridgehead atoms. The van der Waals surface area contributed by atoms with Crippen LogP contribution in [0.5, 0.6) is 0 Å². The maximum absolute atomic E-state index is 6.04. The number of hydrogen-bond acceptors (Lipinski definition) is 3. The Morgan fingerprint density at radius 2 is 1.89 bits per heavy atom. The van der Waals surface area contributed by atoms with E-state index in [0.29, 0.717) is 10.9 Å². The molecule has 1 fully saturated rings. The second-order valence-electron chi connectivity index (χ2n) is 5.41. The molecule has 1 aromatic heterocycles. The third kappa shape index (κ3) is 3.98. The molecule has 0 N–H and O–H groups in total. The van der Waals surface area contributed by atoms with Gasteiger partial charge in [-0.2, -0.15) is 0 Å². The number of pyridine rings is 1. The molecule has 0 radical (unpaired) electrons. The van der Waals surface area contributed by atoms with Gasteiger partial charge in [-0.3, -0.25) is 4.90 Å². The molecule has 0 amide bonds. The first-order valence-corrected chi connectivity index (χ1v) is 7.70. The minimum absolute atomic E-state index is 0.361. The summed E-state index contributed by atoms with van der Waals surface area (Å²) in [4.78, 5) is 9.37. The van der Waals surface area contributed by atoms with Crippen molar-refractivity contribution < 1.29 is 0 Å². The summed E-state index contributed by atoms with van der Waals surface area (Å²) in [5.41, 5.74) is 0.769. The predicted octanol–water partition coefficient (Wildman–Crippen LogP) is 3.25. The van der Waals surface area contributed by atoms with Crippen molar-refractivity contribution >= 4 is 29.0 Å². The van der Waals surface area contributed by atoms with Crippen molar-refractivity contribution in [1.82, 2.24) is 9.88 Å². The van der Waals surface area contributed by atoms with Crippen LogP contribution in [0, 0.1) is 5.92 Å². The Balaban J connectivity index is 1.97. The molecule has 0 aromatic carbocycles. The van der Waals surface area contributed by atoms with Crippen LogP contribution < -0.4 is 4.90 Å². The number of rotatable bonds is 4. The van der Waals surface area contributed by atoms with Gasteiger partial charge in [0.2, 0.25) is 0 Å². The summed E-state index contributed by atoms with van der Waals surface area (Å²) in [6, 6.07) is 3.87. The molecule has 3 nitrogen and oxygen atoms in total. The zero-order valence-electron chi connectivity index (χ0n) is 11.6. The fourth-order valence-corrected chi connectivity index (χ4v) is 2.86. The number of anilines is 1. The lowest BCUT2D eigenvalue weighted by Gasteiger charge is -2.36. The first-order chi connectivity index (χ1) is 9.10. The van der Waals surface area contributed by atoms with E-state index >= 15 is 0 Å². The van der Waals surface area contributed by atoms with Crippen molar-refractivity contribution in [2.24, 2.45) is 5.92 Å². The fourth-order valence-electron chi connectivity index (χ4n) is 2.42. The van der Waals surface area contributed by atoms with Gasteiger partial charge in [-0.15, -0.1) is 11.6 Å². The topological polar surface area (TPSA) is 19.4 Å². The molecule has 1 aromatic rings. The molecular formula is C14H21Cl2N3. The summed E-state index contributed by atoms with van der Waals surface area (Å²) in [7, 11) is 0. The summed E-state index contributed by atoms with van der Waals surface area (Å²) in [5, 5.41) is 0.650. The van der Waals surface area contributed by atoms with E-state index in [1.54, 1.807) is 0 Å². The van der Waals surface area contributed by atoms with E-state index in [0.717, 1.165) is 43.6 Å². The highest BCUT2D eigenvalue weighted by atomic mass is 35.5. The highest BCUT2D eigenvalue weighted by Crippen LogP contribution is 2.21. The van der Waals surface area contributed by atoms with Crippen molar-refractivity contribution in [3.05, 3.63) is 22.8 Å². The van der Waals surface area contributed by atoms with Gasteiger partial charge in [0.05, 0.1) is 16.6 Å². The van der Waals surface area contributed by atoms with Crippen molar-refractivity contribution in [2.75, 3.05) is 37.6 Å². The molecule has 0 saturated carbocycles. The number of nitrogens with zero attached hydrogens (tertiary/aromatic N) is 3. The van der Waals surface area contributed by atoms with Crippen molar-refractivity contribution in [3.63, 3.8) is 0 Å². The molecule has 0 spiro atoms. The zero-order chi connectivity index (χ0) is 13.8. The molecule has 2 heterocycles. The van der Waals surface area contributed by atoms with Crippen LogP contribution in [-0.4, -0.2) is 42.6 Å². The summed E-state index contributed by atoms with van der Waals surface area (Å²) in [5.74, 6) is 2.08. The molecule has 5 heteroatoms. The summed E-state index contributed by atoms with van der Waals surface area (Å²) in [6.07, 6.45) is 0. The standard InChI is InChI=1S/C14H21Cl2N3/c1-11(2)10-18-5-7-19(8-6-18)14-4-3-12(16)13(9-15)17-14/h3-4,11H,5-10H2,1-2H3. The predicted molar refractivity (Wildman–Crippen MR) is 82.3 cm³/mol. The second kappa shape index (κ2) is 6.78. The first kappa shape index (κ1) is 14.9. The zero-order valence-corrected chi connectivity index (χ0v) is 13.1. The summed E-state index contributed by atoms with van der Waals surface area (Å²) < 4.78 is 0. The smallest absolute Gasteiger partial charge is 0.129 e. The number of alkyl halides is 1. The van der Waals surface area contributed by atoms with E-state index in [1.165, 1.54) is 6.54 Å². The Bertz CT molecular complexity index is 415. The SMILES string of the molecule is CC(C)CN1CCN(c2ccc(Cl)c(CCl)n2)CC1. The van der Waals surface area contributed by atoms with Gasteiger partial charge in [-0.1, -0.05) is 25.4 Å². The Labute approximate surface area is 125 Å². The van der Waals surface area contributed by atoms with E-state index < -0.39 is 0 Å². The third-order valence-corrected chi connectivity index (χ3v) is 3.95. The van der Waals surface area contributed by atoms with E-state index in [9.17, 15) is 0 Å². The highest BCUT2D eigenvalue weighted by Gasteiger charge is 2.19. The van der Waals surface area contributed by atoms with Gasteiger partial charge in [-0.25, -0.2) is 4.98 Å². The van der Waals surface area contributed by atoms with Gasteiger partial charge in [-0.05, 0) is 18.1 Å². The lowest BCUT2D eigenvalue weighted by molar-refractivity contribution is 0.231. The minimum Gasteiger partial charge on any atom is -0.354 e. The van der Waals surface area contributed by atoms with Gasteiger partial charge < -0.3 is 4.90 Å². The van der Waals surface area contributed by atoms with Crippen LogP contribution in [-0.2, 0) is 5.88 Å². The molecule has 0 atom stereocenters.